The molecule has 8 nitrogen and oxygen atoms in total. The second kappa shape index (κ2) is 10.2. The fourth-order valence-corrected chi connectivity index (χ4v) is 6.70. The average Bonchev–Trinajstić information content (AvgIpc) is 3.55. The third kappa shape index (κ3) is 5.33. The van der Waals surface area contributed by atoms with Gasteiger partial charge in [-0.2, -0.15) is 5.26 Å². The Bertz CT molecular complexity index is 1640. The summed E-state index contributed by atoms with van der Waals surface area (Å²) < 4.78 is 58.3. The monoisotopic (exact) mass is 580 g/mol. The first-order valence-electron chi connectivity index (χ1n) is 13.8. The molecule has 1 aliphatic heterocycles. The summed E-state index contributed by atoms with van der Waals surface area (Å²) >= 11 is 0. The molecule has 2 heterocycles. The number of nitriles is 1. The molecule has 1 N–H and O–H groups in total. The van der Waals surface area contributed by atoms with Gasteiger partial charge in [0, 0.05) is 48.5 Å². The predicted octanol–water partition coefficient (Wildman–Crippen LogP) is 4.97. The zero-order valence-corrected chi connectivity index (χ0v) is 23.4. The zero-order valence-electron chi connectivity index (χ0n) is 22.6. The van der Waals surface area contributed by atoms with E-state index < -0.39 is 32.9 Å². The number of anilines is 1. The molecule has 1 amide bonds. The number of aromatic nitrogens is 1. The highest BCUT2D eigenvalue weighted by molar-refractivity contribution is 7.91. The molecule has 2 unspecified atom stereocenters. The molecule has 3 aliphatic rings. The van der Waals surface area contributed by atoms with Gasteiger partial charge in [0.1, 0.15) is 28.6 Å². The van der Waals surface area contributed by atoms with Gasteiger partial charge in [0.25, 0.3) is 0 Å². The van der Waals surface area contributed by atoms with Crippen LogP contribution in [0.3, 0.4) is 0 Å². The van der Waals surface area contributed by atoms with Crippen LogP contribution in [0.15, 0.2) is 46.9 Å². The topological polar surface area (TPSA) is 116 Å². The van der Waals surface area contributed by atoms with Crippen molar-refractivity contribution in [3.8, 4) is 28.8 Å². The number of halogens is 2. The van der Waals surface area contributed by atoms with Gasteiger partial charge in [-0.25, -0.2) is 22.2 Å². The Labute approximate surface area is 237 Å². The van der Waals surface area contributed by atoms with E-state index >= 15 is 0 Å². The van der Waals surface area contributed by atoms with Gasteiger partial charge < -0.3 is 14.6 Å². The van der Waals surface area contributed by atoms with E-state index in [-0.39, 0.29) is 28.5 Å². The van der Waals surface area contributed by atoms with Crippen molar-refractivity contribution >= 4 is 21.4 Å². The number of benzene rings is 2. The quantitative estimate of drug-likeness (QED) is 0.420. The maximum Gasteiger partial charge on any atom is 0.229 e. The fraction of sp³-hybridized carbons (Fsp3) is 0.433. The standard InChI is InChI=1S/C30H30F2N4O4S/c1-41(38,39)21-15-36(16-21)20-9-6-18(7-10-20)26-27(40-29(34-26)24-11-8-19(31)14-25(24)32)22-4-2-3-5-23(22)28(37)35-30(17-33)12-13-30/h6-11,14,21-23H,2-5,12-13,15-16H2,1H3,(H,35,37). The van der Waals surface area contributed by atoms with E-state index in [1.807, 2.05) is 29.2 Å². The molecule has 2 aliphatic carbocycles. The number of rotatable bonds is 7. The number of hydrogen-bond acceptors (Lipinski definition) is 7. The minimum Gasteiger partial charge on any atom is -0.440 e. The number of carbonyl (C=O) groups is 1. The summed E-state index contributed by atoms with van der Waals surface area (Å²) in [6.07, 6.45) is 5.50. The smallest absolute Gasteiger partial charge is 0.229 e. The summed E-state index contributed by atoms with van der Waals surface area (Å²) in [6, 6.07) is 12.9. The Morgan fingerprint density at radius 1 is 1.12 bits per heavy atom. The van der Waals surface area contributed by atoms with E-state index in [4.69, 9.17) is 4.42 Å². The molecule has 1 aromatic heterocycles. The van der Waals surface area contributed by atoms with Crippen molar-refractivity contribution in [1.29, 1.82) is 5.26 Å². The number of sulfone groups is 1. The van der Waals surface area contributed by atoms with Gasteiger partial charge in [-0.3, -0.25) is 4.79 Å². The second-order valence-electron chi connectivity index (χ2n) is 11.4. The van der Waals surface area contributed by atoms with Crippen molar-refractivity contribution in [3.63, 3.8) is 0 Å². The highest BCUT2D eigenvalue weighted by Crippen LogP contribution is 2.45. The average molecular weight is 581 g/mol. The number of oxazole rings is 1. The molecule has 1 saturated heterocycles. The van der Waals surface area contributed by atoms with Gasteiger partial charge in [-0.15, -0.1) is 0 Å². The van der Waals surface area contributed by atoms with Crippen LogP contribution in [0, 0.1) is 28.9 Å². The highest BCUT2D eigenvalue weighted by atomic mass is 32.2. The van der Waals surface area contributed by atoms with Crippen LogP contribution in [-0.4, -0.2) is 49.4 Å². The van der Waals surface area contributed by atoms with Crippen molar-refractivity contribution < 1.29 is 26.4 Å². The lowest BCUT2D eigenvalue weighted by molar-refractivity contribution is -0.127. The molecule has 3 aromatic rings. The lowest BCUT2D eigenvalue weighted by atomic mass is 9.76. The Morgan fingerprint density at radius 3 is 2.46 bits per heavy atom. The number of hydrogen-bond donors (Lipinski definition) is 1. The van der Waals surface area contributed by atoms with Crippen molar-refractivity contribution in [3.05, 3.63) is 59.9 Å². The largest absolute Gasteiger partial charge is 0.440 e. The van der Waals surface area contributed by atoms with Crippen molar-refractivity contribution in [2.45, 2.75) is 55.2 Å². The Hall–Kier alpha value is -3.78. The van der Waals surface area contributed by atoms with Gasteiger partial charge in [0.05, 0.1) is 16.9 Å². The van der Waals surface area contributed by atoms with Crippen LogP contribution in [0.25, 0.3) is 22.7 Å². The first-order chi connectivity index (χ1) is 19.6. The Balaban J connectivity index is 1.35. The molecular weight excluding hydrogens is 550 g/mol. The van der Waals surface area contributed by atoms with Crippen LogP contribution in [0.2, 0.25) is 0 Å². The highest BCUT2D eigenvalue weighted by Gasteiger charge is 2.47. The van der Waals surface area contributed by atoms with Gasteiger partial charge in [0.15, 0.2) is 9.84 Å². The number of nitrogens with zero attached hydrogens (tertiary/aromatic N) is 3. The normalized spacial score (nSPS) is 22.0. The third-order valence-electron chi connectivity index (χ3n) is 8.54. The molecule has 6 rings (SSSR count). The molecule has 0 bridgehead atoms. The first-order valence-corrected chi connectivity index (χ1v) is 15.8. The van der Waals surface area contributed by atoms with E-state index in [1.165, 1.54) is 12.3 Å². The molecule has 11 heteroatoms. The molecule has 2 aromatic carbocycles. The minimum absolute atomic E-state index is 0.00395. The van der Waals surface area contributed by atoms with Crippen LogP contribution in [0.4, 0.5) is 14.5 Å². The molecular formula is C30H30F2N4O4S. The number of amides is 1. The van der Waals surface area contributed by atoms with Crippen LogP contribution in [-0.2, 0) is 14.6 Å². The molecule has 0 radical (unpaired) electrons. The summed E-state index contributed by atoms with van der Waals surface area (Å²) in [7, 11) is -3.10. The van der Waals surface area contributed by atoms with E-state index in [9.17, 15) is 27.3 Å². The van der Waals surface area contributed by atoms with Gasteiger partial charge in [-0.1, -0.05) is 25.0 Å². The van der Waals surface area contributed by atoms with Crippen molar-refractivity contribution in [1.82, 2.24) is 10.3 Å². The molecule has 2 saturated carbocycles. The van der Waals surface area contributed by atoms with Gasteiger partial charge in [0.2, 0.25) is 11.8 Å². The van der Waals surface area contributed by atoms with E-state index in [1.54, 1.807) is 0 Å². The van der Waals surface area contributed by atoms with Crippen LogP contribution in [0.1, 0.15) is 50.2 Å². The predicted molar refractivity (Wildman–Crippen MR) is 149 cm³/mol. The lowest BCUT2D eigenvalue weighted by Crippen LogP contribution is -2.54. The number of carbonyl (C=O) groups excluding carboxylic acids is 1. The van der Waals surface area contributed by atoms with E-state index in [0.29, 0.717) is 55.8 Å². The summed E-state index contributed by atoms with van der Waals surface area (Å²) in [6.45, 7) is 0.842. The van der Waals surface area contributed by atoms with Crippen LogP contribution in [0.5, 0.6) is 0 Å². The Morgan fingerprint density at radius 2 is 1.83 bits per heavy atom. The number of nitrogens with one attached hydrogen (secondary N) is 1. The first kappa shape index (κ1) is 27.4. The third-order valence-corrected chi connectivity index (χ3v) is 10.0. The van der Waals surface area contributed by atoms with E-state index in [0.717, 1.165) is 30.7 Å². The Kier molecular flexibility index (Phi) is 6.85. The molecule has 2 atom stereocenters. The minimum atomic E-state index is -3.10. The maximum absolute atomic E-state index is 14.8. The van der Waals surface area contributed by atoms with Crippen molar-refractivity contribution in [2.24, 2.45) is 5.92 Å². The summed E-state index contributed by atoms with van der Waals surface area (Å²) in [5.74, 6) is -2.05. The fourth-order valence-electron chi connectivity index (χ4n) is 5.79. The zero-order chi connectivity index (χ0) is 28.9. The van der Waals surface area contributed by atoms with E-state index in [2.05, 4.69) is 16.4 Å². The molecule has 3 fully saturated rings. The molecule has 41 heavy (non-hydrogen) atoms. The van der Waals surface area contributed by atoms with Crippen LogP contribution < -0.4 is 10.2 Å². The lowest BCUT2D eigenvalue weighted by Gasteiger charge is -2.39. The second-order valence-corrected chi connectivity index (χ2v) is 13.8. The molecule has 214 valence electrons. The van der Waals surface area contributed by atoms with Crippen LogP contribution >= 0.6 is 0 Å². The summed E-state index contributed by atoms with van der Waals surface area (Å²) in [5.41, 5.74) is 1.25. The van der Waals surface area contributed by atoms with Gasteiger partial charge >= 0.3 is 0 Å². The van der Waals surface area contributed by atoms with Gasteiger partial charge in [-0.05, 0) is 49.9 Å². The SMILES string of the molecule is CS(=O)(=O)C1CN(c2ccc(-c3nc(-c4ccc(F)cc4F)oc3C3CCCCC3C(=O)NC3(C#N)CC3)cc2)C1. The van der Waals surface area contributed by atoms with Crippen molar-refractivity contribution in [2.75, 3.05) is 24.2 Å². The summed E-state index contributed by atoms with van der Waals surface area (Å²) in [5, 5.41) is 12.1. The summed E-state index contributed by atoms with van der Waals surface area (Å²) in [4.78, 5) is 20.0. The maximum atomic E-state index is 14.8. The molecule has 0 spiro atoms.